The number of carbonyl (C=O) groups excluding carboxylic acids is 1. The Labute approximate surface area is 149 Å². The summed E-state index contributed by atoms with van der Waals surface area (Å²) in [5.41, 5.74) is 1.32. The first-order valence-electron chi connectivity index (χ1n) is 7.19. The number of nitrogens with one attached hydrogen (secondary N) is 2. The average molecular weight is 393 g/mol. The molecule has 0 fully saturated rings. The Hall–Kier alpha value is -1.92. The van der Waals surface area contributed by atoms with Crippen LogP contribution in [0.1, 0.15) is 23.7 Å². The molecule has 4 nitrogen and oxygen atoms in total. The summed E-state index contributed by atoms with van der Waals surface area (Å²) in [7, 11) is 0. The highest BCUT2D eigenvalue weighted by Gasteiger charge is 2.08. The van der Waals surface area contributed by atoms with Crippen LogP contribution in [-0.4, -0.2) is 17.6 Å². The highest BCUT2D eigenvalue weighted by molar-refractivity contribution is 9.10. The Kier molecular flexibility index (Phi) is 6.55. The van der Waals surface area contributed by atoms with Gasteiger partial charge in [0, 0.05) is 15.7 Å². The first-order valence-corrected chi connectivity index (χ1v) is 8.39. The van der Waals surface area contributed by atoms with E-state index in [1.54, 1.807) is 18.2 Å². The molecule has 0 aliphatic heterocycles. The van der Waals surface area contributed by atoms with E-state index in [4.69, 9.17) is 17.0 Å². The monoisotopic (exact) mass is 392 g/mol. The third kappa shape index (κ3) is 5.65. The number of hydrogen-bond acceptors (Lipinski definition) is 3. The molecule has 0 saturated heterocycles. The maximum Gasteiger partial charge on any atom is 0.257 e. The first kappa shape index (κ1) is 17.4. The van der Waals surface area contributed by atoms with Crippen LogP contribution in [0, 0.1) is 0 Å². The second kappa shape index (κ2) is 8.64. The summed E-state index contributed by atoms with van der Waals surface area (Å²) in [5.74, 6) is 0.549. The van der Waals surface area contributed by atoms with Gasteiger partial charge < -0.3 is 10.1 Å². The lowest BCUT2D eigenvalue weighted by Crippen LogP contribution is -2.34. The van der Waals surface area contributed by atoms with Crippen molar-refractivity contribution in [1.82, 2.24) is 5.32 Å². The Morgan fingerprint density at radius 1 is 1.22 bits per heavy atom. The minimum Gasteiger partial charge on any atom is -0.494 e. The van der Waals surface area contributed by atoms with Crippen molar-refractivity contribution in [3.05, 3.63) is 58.6 Å². The second-order valence-corrected chi connectivity index (χ2v) is 6.12. The normalized spacial score (nSPS) is 10.0. The molecule has 0 bridgehead atoms. The summed E-state index contributed by atoms with van der Waals surface area (Å²) in [5, 5.41) is 5.87. The van der Waals surface area contributed by atoms with Crippen LogP contribution in [0.2, 0.25) is 0 Å². The molecule has 0 aliphatic carbocycles. The molecule has 120 valence electrons. The summed E-state index contributed by atoms with van der Waals surface area (Å²) >= 11 is 8.50. The Morgan fingerprint density at radius 3 is 2.61 bits per heavy atom. The number of anilines is 1. The lowest BCUT2D eigenvalue weighted by molar-refractivity contribution is 0.0977. The van der Waals surface area contributed by atoms with Crippen LogP contribution in [0.3, 0.4) is 0 Å². The molecule has 0 aliphatic rings. The van der Waals surface area contributed by atoms with Crippen LogP contribution in [0.5, 0.6) is 5.75 Å². The molecule has 6 heteroatoms. The maximum absolute atomic E-state index is 12.1. The zero-order valence-electron chi connectivity index (χ0n) is 12.6. The molecule has 0 spiro atoms. The van der Waals surface area contributed by atoms with Crippen LogP contribution in [-0.2, 0) is 0 Å². The fourth-order valence-electron chi connectivity index (χ4n) is 1.82. The SMILES string of the molecule is CCCOc1ccc(NC(=S)NC(=O)c2cccc(Br)c2)cc1. The predicted octanol–water partition coefficient (Wildman–Crippen LogP) is 4.36. The highest BCUT2D eigenvalue weighted by atomic mass is 79.9. The molecule has 0 saturated carbocycles. The molecular weight excluding hydrogens is 376 g/mol. The largest absolute Gasteiger partial charge is 0.494 e. The van der Waals surface area contributed by atoms with E-state index in [1.165, 1.54) is 0 Å². The zero-order valence-corrected chi connectivity index (χ0v) is 15.0. The average Bonchev–Trinajstić information content (AvgIpc) is 2.54. The highest BCUT2D eigenvalue weighted by Crippen LogP contribution is 2.16. The number of thiocarbonyl (C=S) groups is 1. The number of amides is 1. The summed E-state index contributed by atoms with van der Waals surface area (Å²) < 4.78 is 6.35. The van der Waals surface area contributed by atoms with Crippen molar-refractivity contribution in [2.24, 2.45) is 0 Å². The molecule has 0 unspecified atom stereocenters. The van der Waals surface area contributed by atoms with Gasteiger partial charge in [-0.25, -0.2) is 0 Å². The van der Waals surface area contributed by atoms with Gasteiger partial charge >= 0.3 is 0 Å². The van der Waals surface area contributed by atoms with Crippen LogP contribution < -0.4 is 15.4 Å². The molecule has 0 aromatic heterocycles. The van der Waals surface area contributed by atoms with Gasteiger partial charge in [-0.05, 0) is 61.1 Å². The fourth-order valence-corrected chi connectivity index (χ4v) is 2.43. The van der Waals surface area contributed by atoms with Crippen molar-refractivity contribution in [3.8, 4) is 5.75 Å². The smallest absolute Gasteiger partial charge is 0.257 e. The Balaban J connectivity index is 1.90. The lowest BCUT2D eigenvalue weighted by Gasteiger charge is -2.10. The third-order valence-corrected chi connectivity index (χ3v) is 3.60. The quantitative estimate of drug-likeness (QED) is 0.741. The fraction of sp³-hybridized carbons (Fsp3) is 0.176. The Morgan fingerprint density at radius 2 is 1.96 bits per heavy atom. The molecule has 2 aromatic carbocycles. The van der Waals surface area contributed by atoms with Gasteiger partial charge in [0.1, 0.15) is 5.75 Å². The van der Waals surface area contributed by atoms with Crippen molar-refractivity contribution in [2.45, 2.75) is 13.3 Å². The molecular formula is C17H17BrN2O2S. The molecule has 2 rings (SSSR count). The maximum atomic E-state index is 12.1. The van der Waals surface area contributed by atoms with E-state index >= 15 is 0 Å². The molecule has 2 N–H and O–H groups in total. The van der Waals surface area contributed by atoms with E-state index in [0.29, 0.717) is 12.2 Å². The van der Waals surface area contributed by atoms with E-state index in [0.717, 1.165) is 22.3 Å². The van der Waals surface area contributed by atoms with Gasteiger partial charge in [-0.2, -0.15) is 0 Å². The van der Waals surface area contributed by atoms with Crippen LogP contribution in [0.25, 0.3) is 0 Å². The van der Waals surface area contributed by atoms with E-state index in [2.05, 4.69) is 33.5 Å². The van der Waals surface area contributed by atoms with Gasteiger partial charge in [0.05, 0.1) is 6.61 Å². The van der Waals surface area contributed by atoms with Gasteiger partial charge in [0.25, 0.3) is 5.91 Å². The molecule has 23 heavy (non-hydrogen) atoms. The van der Waals surface area contributed by atoms with Gasteiger partial charge in [-0.3, -0.25) is 10.1 Å². The van der Waals surface area contributed by atoms with Gasteiger partial charge in [0.15, 0.2) is 5.11 Å². The number of hydrogen-bond donors (Lipinski definition) is 2. The molecule has 0 heterocycles. The molecule has 1 amide bonds. The minimum atomic E-state index is -0.258. The number of benzene rings is 2. The predicted molar refractivity (Wildman–Crippen MR) is 100 cm³/mol. The van der Waals surface area contributed by atoms with E-state index in [-0.39, 0.29) is 11.0 Å². The third-order valence-electron chi connectivity index (χ3n) is 2.90. The number of rotatable bonds is 5. The Bertz CT molecular complexity index is 689. The van der Waals surface area contributed by atoms with Gasteiger partial charge in [0.2, 0.25) is 0 Å². The zero-order chi connectivity index (χ0) is 16.7. The topological polar surface area (TPSA) is 50.4 Å². The van der Waals surface area contributed by atoms with Crippen molar-refractivity contribution in [3.63, 3.8) is 0 Å². The second-order valence-electron chi connectivity index (χ2n) is 4.79. The summed E-state index contributed by atoms with van der Waals surface area (Å²) in [6.45, 7) is 2.75. The number of ether oxygens (including phenoxy) is 1. The van der Waals surface area contributed by atoms with Gasteiger partial charge in [-0.15, -0.1) is 0 Å². The summed E-state index contributed by atoms with van der Waals surface area (Å²) in [6, 6.07) is 14.5. The summed E-state index contributed by atoms with van der Waals surface area (Å²) in [4.78, 5) is 12.1. The molecule has 0 atom stereocenters. The minimum absolute atomic E-state index is 0.247. The van der Waals surface area contributed by atoms with Crippen LogP contribution in [0.15, 0.2) is 53.0 Å². The first-order chi connectivity index (χ1) is 11.1. The van der Waals surface area contributed by atoms with Gasteiger partial charge in [-0.1, -0.05) is 28.9 Å². The van der Waals surface area contributed by atoms with E-state index in [1.807, 2.05) is 30.3 Å². The number of halogens is 1. The molecule has 2 aromatic rings. The van der Waals surface area contributed by atoms with Crippen molar-refractivity contribution in [1.29, 1.82) is 0 Å². The molecule has 0 radical (unpaired) electrons. The van der Waals surface area contributed by atoms with Crippen molar-refractivity contribution < 1.29 is 9.53 Å². The standard InChI is InChI=1S/C17H17BrN2O2S/c1-2-10-22-15-8-6-14(7-9-15)19-17(23)20-16(21)12-4-3-5-13(18)11-12/h3-9,11H,2,10H2,1H3,(H2,19,20,21,23). The number of carbonyl (C=O) groups is 1. The summed E-state index contributed by atoms with van der Waals surface area (Å²) in [6.07, 6.45) is 0.964. The van der Waals surface area contributed by atoms with Crippen LogP contribution >= 0.6 is 28.1 Å². The van der Waals surface area contributed by atoms with E-state index in [9.17, 15) is 4.79 Å². The van der Waals surface area contributed by atoms with Crippen LogP contribution in [0.4, 0.5) is 5.69 Å². The van der Waals surface area contributed by atoms with E-state index < -0.39 is 0 Å². The lowest BCUT2D eigenvalue weighted by atomic mass is 10.2. The van der Waals surface area contributed by atoms with Crippen molar-refractivity contribution >= 4 is 44.9 Å². The van der Waals surface area contributed by atoms with Crippen molar-refractivity contribution in [2.75, 3.05) is 11.9 Å².